The number of rotatable bonds is 4. The van der Waals surface area contributed by atoms with Gasteiger partial charge in [0.05, 0.1) is 5.69 Å². The first kappa shape index (κ1) is 12.8. The highest BCUT2D eigenvalue weighted by Crippen LogP contribution is 2.20. The van der Waals surface area contributed by atoms with E-state index in [2.05, 4.69) is 20.4 Å². The zero-order chi connectivity index (χ0) is 14.0. The number of carboxylic acids is 1. The van der Waals surface area contributed by atoms with Crippen molar-refractivity contribution in [2.75, 3.05) is 5.32 Å². The van der Waals surface area contributed by atoms with E-state index in [1.807, 2.05) is 0 Å². The number of H-pyrrole nitrogens is 1. The van der Waals surface area contributed by atoms with E-state index in [0.29, 0.717) is 5.69 Å². The first-order valence-corrected chi connectivity index (χ1v) is 5.57. The fourth-order valence-electron chi connectivity index (χ4n) is 1.68. The van der Waals surface area contributed by atoms with E-state index in [-0.39, 0.29) is 17.2 Å². The monoisotopic (exact) mass is 263 g/mol. The molecular weight excluding hydrogens is 250 g/mol. The summed E-state index contributed by atoms with van der Waals surface area (Å²) in [6.07, 6.45) is 4.20. The van der Waals surface area contributed by atoms with Gasteiger partial charge < -0.3 is 15.4 Å². The number of nitrogens with zero attached hydrogens (tertiary/aromatic N) is 3. The van der Waals surface area contributed by atoms with Crippen LogP contribution in [0.1, 0.15) is 29.0 Å². The van der Waals surface area contributed by atoms with Gasteiger partial charge in [-0.25, -0.2) is 14.5 Å². The second-order valence-electron chi connectivity index (χ2n) is 4.05. The molecule has 0 spiro atoms. The Hall–Kier alpha value is -2.64. The van der Waals surface area contributed by atoms with Gasteiger partial charge in [0, 0.05) is 11.9 Å². The van der Waals surface area contributed by atoms with Crippen LogP contribution < -0.4 is 5.32 Å². The Morgan fingerprint density at radius 1 is 1.53 bits per heavy atom. The zero-order valence-corrected chi connectivity index (χ0v) is 10.4. The molecule has 0 aromatic carbocycles. The van der Waals surface area contributed by atoms with Crippen molar-refractivity contribution < 1.29 is 14.7 Å². The molecule has 2 aromatic heterocycles. The number of aromatic amines is 1. The number of carbonyl (C=O) groups is 2. The minimum atomic E-state index is -1.09. The lowest BCUT2D eigenvalue weighted by Crippen LogP contribution is -2.24. The van der Waals surface area contributed by atoms with E-state index in [1.54, 1.807) is 13.8 Å². The second-order valence-corrected chi connectivity index (χ2v) is 4.05. The summed E-state index contributed by atoms with van der Waals surface area (Å²) in [5.41, 5.74) is 0.775. The molecule has 0 aliphatic rings. The number of aromatic nitrogens is 4. The molecule has 1 amide bonds. The molecule has 1 atom stereocenters. The first-order valence-electron chi connectivity index (χ1n) is 5.57. The molecule has 19 heavy (non-hydrogen) atoms. The predicted molar refractivity (Wildman–Crippen MR) is 65.9 cm³/mol. The summed E-state index contributed by atoms with van der Waals surface area (Å²) in [6, 6.07) is -0.584. The van der Waals surface area contributed by atoms with Crippen molar-refractivity contribution in [2.24, 2.45) is 0 Å². The molecule has 2 heterocycles. The van der Waals surface area contributed by atoms with Crippen LogP contribution in [0.2, 0.25) is 0 Å². The van der Waals surface area contributed by atoms with Crippen LogP contribution in [0.15, 0.2) is 18.9 Å². The summed E-state index contributed by atoms with van der Waals surface area (Å²) in [6.45, 7) is 3.27. The quantitative estimate of drug-likeness (QED) is 0.755. The van der Waals surface area contributed by atoms with Crippen LogP contribution >= 0.6 is 0 Å². The number of aromatic carboxylic acids is 1. The fraction of sp³-hybridized carbons (Fsp3) is 0.273. The van der Waals surface area contributed by atoms with Gasteiger partial charge in [-0.2, -0.15) is 5.10 Å². The Morgan fingerprint density at radius 2 is 2.26 bits per heavy atom. The van der Waals surface area contributed by atoms with Gasteiger partial charge in [-0.15, -0.1) is 0 Å². The van der Waals surface area contributed by atoms with Crippen molar-refractivity contribution in [1.82, 2.24) is 19.7 Å². The van der Waals surface area contributed by atoms with Gasteiger partial charge in [-0.1, -0.05) is 0 Å². The third-order valence-corrected chi connectivity index (χ3v) is 2.76. The van der Waals surface area contributed by atoms with Crippen LogP contribution in [0.25, 0.3) is 0 Å². The Kier molecular flexibility index (Phi) is 3.32. The molecule has 8 heteroatoms. The lowest BCUT2D eigenvalue weighted by molar-refractivity contribution is -0.119. The van der Waals surface area contributed by atoms with Gasteiger partial charge in [0.15, 0.2) is 0 Å². The maximum Gasteiger partial charge on any atom is 0.339 e. The van der Waals surface area contributed by atoms with Gasteiger partial charge in [0.25, 0.3) is 0 Å². The molecule has 1 unspecified atom stereocenters. The molecule has 3 N–H and O–H groups in total. The van der Waals surface area contributed by atoms with Crippen LogP contribution in [0.3, 0.4) is 0 Å². The highest BCUT2D eigenvalue weighted by atomic mass is 16.4. The van der Waals surface area contributed by atoms with Gasteiger partial charge >= 0.3 is 5.97 Å². The van der Waals surface area contributed by atoms with E-state index >= 15 is 0 Å². The maximum absolute atomic E-state index is 12.0. The number of nitrogens with one attached hydrogen (secondary N) is 2. The molecule has 0 fully saturated rings. The molecule has 0 aliphatic heterocycles. The fourth-order valence-corrected chi connectivity index (χ4v) is 1.68. The third kappa shape index (κ3) is 2.46. The molecule has 100 valence electrons. The SMILES string of the molecule is Cc1[nH]cc(NC(=O)C(C)n2cncn2)c1C(=O)O. The molecule has 0 radical (unpaired) electrons. The van der Waals surface area contributed by atoms with E-state index in [1.165, 1.54) is 23.5 Å². The summed E-state index contributed by atoms with van der Waals surface area (Å²) in [5, 5.41) is 15.5. The zero-order valence-electron chi connectivity index (χ0n) is 10.4. The number of hydrogen-bond acceptors (Lipinski definition) is 4. The molecule has 0 bridgehead atoms. The minimum absolute atomic E-state index is 0.0548. The van der Waals surface area contributed by atoms with Crippen LogP contribution in [-0.4, -0.2) is 36.7 Å². The van der Waals surface area contributed by atoms with Gasteiger partial charge in [-0.05, 0) is 13.8 Å². The Balaban J connectivity index is 2.18. The number of amides is 1. The summed E-state index contributed by atoms with van der Waals surface area (Å²) in [7, 11) is 0. The first-order chi connectivity index (χ1) is 9.00. The molecule has 2 rings (SSSR count). The second kappa shape index (κ2) is 4.92. The third-order valence-electron chi connectivity index (χ3n) is 2.76. The van der Waals surface area contributed by atoms with Crippen molar-refractivity contribution in [3.63, 3.8) is 0 Å². The number of anilines is 1. The van der Waals surface area contributed by atoms with Crippen molar-refractivity contribution in [1.29, 1.82) is 0 Å². The highest BCUT2D eigenvalue weighted by molar-refractivity contribution is 6.02. The van der Waals surface area contributed by atoms with Gasteiger partial charge in [0.1, 0.15) is 24.3 Å². The van der Waals surface area contributed by atoms with E-state index in [0.717, 1.165) is 0 Å². The molecule has 0 saturated heterocycles. The topological polar surface area (TPSA) is 113 Å². The summed E-state index contributed by atoms with van der Waals surface area (Å²) in [5.74, 6) is -1.46. The predicted octanol–water partition coefficient (Wildman–Crippen LogP) is 0.813. The van der Waals surface area contributed by atoms with Crippen molar-refractivity contribution in [3.05, 3.63) is 30.1 Å². The lowest BCUT2D eigenvalue weighted by Gasteiger charge is -2.11. The molecule has 0 saturated carbocycles. The lowest BCUT2D eigenvalue weighted by atomic mass is 10.2. The van der Waals surface area contributed by atoms with Crippen molar-refractivity contribution in [3.8, 4) is 0 Å². The van der Waals surface area contributed by atoms with Crippen LogP contribution in [-0.2, 0) is 4.79 Å². The van der Waals surface area contributed by atoms with Crippen LogP contribution in [0.5, 0.6) is 0 Å². The van der Waals surface area contributed by atoms with E-state index in [4.69, 9.17) is 5.11 Å². The Bertz CT molecular complexity index is 602. The average molecular weight is 263 g/mol. The van der Waals surface area contributed by atoms with Crippen LogP contribution in [0, 0.1) is 6.92 Å². The van der Waals surface area contributed by atoms with Gasteiger partial charge in [-0.3, -0.25) is 4.79 Å². The number of carboxylic acid groups (broad SMARTS) is 1. The molecule has 8 nitrogen and oxygen atoms in total. The molecular formula is C11H13N5O3. The van der Waals surface area contributed by atoms with E-state index in [9.17, 15) is 9.59 Å². The standard InChI is InChI=1S/C11H13N5O3/c1-6-9(11(18)19)8(3-13-6)15-10(17)7(2)16-5-12-4-14-16/h3-5,7,13H,1-2H3,(H,15,17)(H,18,19). The summed E-state index contributed by atoms with van der Waals surface area (Å²) in [4.78, 5) is 29.6. The minimum Gasteiger partial charge on any atom is -0.478 e. The number of hydrogen-bond donors (Lipinski definition) is 3. The van der Waals surface area contributed by atoms with Crippen molar-refractivity contribution in [2.45, 2.75) is 19.9 Å². The normalized spacial score (nSPS) is 12.1. The number of carbonyl (C=O) groups excluding carboxylic acids is 1. The molecule has 2 aromatic rings. The largest absolute Gasteiger partial charge is 0.478 e. The number of aryl methyl sites for hydroxylation is 1. The molecule has 0 aliphatic carbocycles. The van der Waals surface area contributed by atoms with Crippen LogP contribution in [0.4, 0.5) is 5.69 Å². The van der Waals surface area contributed by atoms with Crippen molar-refractivity contribution >= 4 is 17.6 Å². The summed E-state index contributed by atoms with van der Waals surface area (Å²) >= 11 is 0. The Labute approximate surface area is 108 Å². The smallest absolute Gasteiger partial charge is 0.339 e. The maximum atomic E-state index is 12.0. The van der Waals surface area contributed by atoms with Gasteiger partial charge in [0.2, 0.25) is 5.91 Å². The Morgan fingerprint density at radius 3 is 2.84 bits per heavy atom. The average Bonchev–Trinajstić information content (AvgIpc) is 2.97. The summed E-state index contributed by atoms with van der Waals surface area (Å²) < 4.78 is 1.38. The highest BCUT2D eigenvalue weighted by Gasteiger charge is 2.21. The van der Waals surface area contributed by atoms with E-state index < -0.39 is 12.0 Å².